The second kappa shape index (κ2) is 5.92. The number of rotatable bonds is 4. The van der Waals surface area contributed by atoms with E-state index in [4.69, 9.17) is 15.2 Å². The van der Waals surface area contributed by atoms with Crippen LogP contribution < -0.4 is 15.2 Å². The van der Waals surface area contributed by atoms with E-state index in [-0.39, 0.29) is 5.75 Å². The lowest BCUT2D eigenvalue weighted by atomic mass is 9.97. The fourth-order valence-corrected chi connectivity index (χ4v) is 2.13. The molecule has 0 fully saturated rings. The maximum atomic E-state index is 13.8. The molecule has 0 radical (unpaired) electrons. The number of benzene rings is 2. The van der Waals surface area contributed by atoms with Crippen molar-refractivity contribution in [1.82, 2.24) is 0 Å². The predicted molar refractivity (Wildman–Crippen MR) is 76.7 cm³/mol. The Bertz CT molecular complexity index is 613. The number of nitrogens with two attached hydrogens (primary N) is 1. The molecule has 0 amide bonds. The highest BCUT2D eigenvalue weighted by molar-refractivity contribution is 5.44. The van der Waals surface area contributed by atoms with E-state index in [0.717, 1.165) is 11.1 Å². The quantitative estimate of drug-likeness (QED) is 0.932. The number of hydrogen-bond acceptors (Lipinski definition) is 3. The molecular weight excluding hydrogens is 257 g/mol. The molecule has 0 aliphatic carbocycles. The lowest BCUT2D eigenvalue weighted by Crippen LogP contribution is -2.13. The topological polar surface area (TPSA) is 44.5 Å². The van der Waals surface area contributed by atoms with Crippen LogP contribution >= 0.6 is 0 Å². The van der Waals surface area contributed by atoms with Crippen molar-refractivity contribution in [3.63, 3.8) is 0 Å². The van der Waals surface area contributed by atoms with E-state index >= 15 is 0 Å². The highest BCUT2D eigenvalue weighted by atomic mass is 19.1. The molecule has 20 heavy (non-hydrogen) atoms. The van der Waals surface area contributed by atoms with Crippen molar-refractivity contribution >= 4 is 0 Å². The summed E-state index contributed by atoms with van der Waals surface area (Å²) in [5.74, 6) is 0.483. The number of ether oxygens (including phenoxy) is 2. The minimum absolute atomic E-state index is 0.205. The monoisotopic (exact) mass is 275 g/mol. The molecule has 0 bridgehead atoms. The van der Waals surface area contributed by atoms with E-state index in [1.807, 2.05) is 25.1 Å². The van der Waals surface area contributed by atoms with Gasteiger partial charge in [0.05, 0.1) is 20.3 Å². The van der Waals surface area contributed by atoms with Gasteiger partial charge in [0.2, 0.25) is 0 Å². The average Bonchev–Trinajstić information content (AvgIpc) is 2.46. The summed E-state index contributed by atoms with van der Waals surface area (Å²) < 4.78 is 24.0. The molecule has 1 unspecified atom stereocenters. The lowest BCUT2D eigenvalue weighted by Gasteiger charge is -2.17. The minimum atomic E-state index is -0.453. The van der Waals surface area contributed by atoms with Gasteiger partial charge >= 0.3 is 0 Å². The van der Waals surface area contributed by atoms with Crippen molar-refractivity contribution in [3.8, 4) is 11.5 Å². The second-order valence-electron chi connectivity index (χ2n) is 4.62. The molecular formula is C16H18FNO2. The van der Waals surface area contributed by atoms with E-state index < -0.39 is 11.9 Å². The van der Waals surface area contributed by atoms with Crippen molar-refractivity contribution < 1.29 is 13.9 Å². The van der Waals surface area contributed by atoms with Gasteiger partial charge in [-0.25, -0.2) is 4.39 Å². The van der Waals surface area contributed by atoms with Crippen LogP contribution in [-0.4, -0.2) is 14.2 Å². The summed E-state index contributed by atoms with van der Waals surface area (Å²) in [4.78, 5) is 0. The molecule has 2 aromatic rings. The van der Waals surface area contributed by atoms with Crippen molar-refractivity contribution in [2.75, 3.05) is 14.2 Å². The van der Waals surface area contributed by atoms with Gasteiger partial charge in [0.1, 0.15) is 5.75 Å². The third-order valence-corrected chi connectivity index (χ3v) is 3.26. The summed E-state index contributed by atoms with van der Waals surface area (Å²) in [7, 11) is 3.03. The molecule has 0 saturated heterocycles. The molecule has 0 spiro atoms. The first kappa shape index (κ1) is 14.3. The van der Waals surface area contributed by atoms with E-state index in [9.17, 15) is 4.39 Å². The van der Waals surface area contributed by atoms with Crippen LogP contribution in [0.3, 0.4) is 0 Å². The van der Waals surface area contributed by atoms with Crippen molar-refractivity contribution in [2.24, 2.45) is 5.73 Å². The maximum absolute atomic E-state index is 13.8. The van der Waals surface area contributed by atoms with Gasteiger partial charge in [-0.1, -0.05) is 18.2 Å². The summed E-state index contributed by atoms with van der Waals surface area (Å²) in [6.45, 7) is 1.98. The van der Waals surface area contributed by atoms with Crippen LogP contribution in [0.15, 0.2) is 36.4 Å². The van der Waals surface area contributed by atoms with E-state index in [2.05, 4.69) is 0 Å². The van der Waals surface area contributed by atoms with Crippen LogP contribution in [-0.2, 0) is 0 Å². The Morgan fingerprint density at radius 2 is 1.70 bits per heavy atom. The van der Waals surface area contributed by atoms with E-state index in [0.29, 0.717) is 11.3 Å². The fraction of sp³-hybridized carbons (Fsp3) is 0.250. The van der Waals surface area contributed by atoms with Crippen LogP contribution in [0.2, 0.25) is 0 Å². The predicted octanol–water partition coefficient (Wildman–Crippen LogP) is 3.20. The first-order valence-corrected chi connectivity index (χ1v) is 6.30. The largest absolute Gasteiger partial charge is 0.496 e. The third kappa shape index (κ3) is 2.75. The van der Waals surface area contributed by atoms with Crippen LogP contribution in [0.5, 0.6) is 11.5 Å². The normalized spacial score (nSPS) is 12.1. The molecule has 0 aliphatic rings. The Hall–Kier alpha value is -2.07. The van der Waals surface area contributed by atoms with Gasteiger partial charge in [0, 0.05) is 5.56 Å². The molecule has 2 aromatic carbocycles. The van der Waals surface area contributed by atoms with E-state index in [1.165, 1.54) is 13.2 Å². The molecule has 0 heterocycles. The van der Waals surface area contributed by atoms with Crippen molar-refractivity contribution in [1.29, 1.82) is 0 Å². The molecule has 2 N–H and O–H groups in total. The van der Waals surface area contributed by atoms with Gasteiger partial charge < -0.3 is 15.2 Å². The van der Waals surface area contributed by atoms with Crippen LogP contribution in [0.25, 0.3) is 0 Å². The lowest BCUT2D eigenvalue weighted by molar-refractivity contribution is 0.386. The summed E-state index contributed by atoms with van der Waals surface area (Å²) in [5, 5.41) is 0. The molecule has 2 rings (SSSR count). The number of methoxy groups -OCH3 is 2. The highest BCUT2D eigenvalue weighted by Gasteiger charge is 2.16. The van der Waals surface area contributed by atoms with Gasteiger partial charge in [-0.05, 0) is 36.2 Å². The Balaban J connectivity index is 2.40. The Labute approximate surface area is 118 Å². The summed E-state index contributed by atoms with van der Waals surface area (Å²) in [5.41, 5.74) is 8.79. The first-order valence-electron chi connectivity index (χ1n) is 6.30. The maximum Gasteiger partial charge on any atom is 0.165 e. The average molecular weight is 275 g/mol. The standard InChI is InChI=1S/C16H18FNO2/c1-10-4-6-12(15(8-10)20-3)16(18)11-5-7-14(19-2)13(17)9-11/h4-9,16H,18H2,1-3H3. The zero-order valence-electron chi connectivity index (χ0n) is 11.8. The summed E-state index contributed by atoms with van der Waals surface area (Å²) in [6, 6.07) is 10.0. The zero-order chi connectivity index (χ0) is 14.7. The van der Waals surface area contributed by atoms with E-state index in [1.54, 1.807) is 19.2 Å². The number of hydrogen-bond donors (Lipinski definition) is 1. The fourth-order valence-electron chi connectivity index (χ4n) is 2.13. The van der Waals surface area contributed by atoms with Crippen LogP contribution in [0, 0.1) is 12.7 Å². The van der Waals surface area contributed by atoms with Crippen LogP contribution in [0.4, 0.5) is 4.39 Å². The third-order valence-electron chi connectivity index (χ3n) is 3.26. The molecule has 4 heteroatoms. The van der Waals surface area contributed by atoms with Gasteiger partial charge in [0.15, 0.2) is 11.6 Å². The number of aryl methyl sites for hydroxylation is 1. The first-order chi connectivity index (χ1) is 9.56. The minimum Gasteiger partial charge on any atom is -0.496 e. The summed E-state index contributed by atoms with van der Waals surface area (Å²) >= 11 is 0. The summed E-state index contributed by atoms with van der Waals surface area (Å²) in [6.07, 6.45) is 0. The Morgan fingerprint density at radius 1 is 1.00 bits per heavy atom. The molecule has 3 nitrogen and oxygen atoms in total. The van der Waals surface area contributed by atoms with Crippen molar-refractivity contribution in [3.05, 3.63) is 58.9 Å². The van der Waals surface area contributed by atoms with Gasteiger partial charge in [0.25, 0.3) is 0 Å². The van der Waals surface area contributed by atoms with Gasteiger partial charge in [-0.3, -0.25) is 0 Å². The molecule has 0 aliphatic heterocycles. The molecule has 1 atom stereocenters. The molecule has 0 aromatic heterocycles. The Kier molecular flexibility index (Phi) is 4.25. The SMILES string of the molecule is COc1ccc(C(N)c2ccc(C)cc2OC)cc1F. The van der Waals surface area contributed by atoms with Crippen LogP contribution in [0.1, 0.15) is 22.7 Å². The Morgan fingerprint density at radius 3 is 2.30 bits per heavy atom. The van der Waals surface area contributed by atoms with Gasteiger partial charge in [-0.15, -0.1) is 0 Å². The smallest absolute Gasteiger partial charge is 0.165 e. The second-order valence-corrected chi connectivity index (χ2v) is 4.62. The molecule has 106 valence electrons. The van der Waals surface area contributed by atoms with Crippen molar-refractivity contribution in [2.45, 2.75) is 13.0 Å². The molecule has 0 saturated carbocycles. The van der Waals surface area contributed by atoms with Gasteiger partial charge in [-0.2, -0.15) is 0 Å². The number of halogens is 1. The zero-order valence-corrected chi connectivity index (χ0v) is 11.8. The highest BCUT2D eigenvalue weighted by Crippen LogP contribution is 2.30.